The predicted molar refractivity (Wildman–Crippen MR) is 79.4 cm³/mol. The molecule has 2 aromatic rings. The second-order valence-corrected chi connectivity index (χ2v) is 6.48. The van der Waals surface area contributed by atoms with E-state index in [2.05, 4.69) is 10.3 Å². The van der Waals surface area contributed by atoms with E-state index in [9.17, 15) is 8.78 Å². The Kier molecular flexibility index (Phi) is 4.90. The largest absolute Gasteiger partial charge is 0.481 e. The molecule has 1 N–H and O–H groups in total. The molecule has 3 nitrogen and oxygen atoms in total. The summed E-state index contributed by atoms with van der Waals surface area (Å²) < 4.78 is 33.1. The fraction of sp³-hybridized carbons (Fsp3) is 0.400. The van der Waals surface area contributed by atoms with Crippen LogP contribution in [0.15, 0.2) is 23.0 Å². The van der Waals surface area contributed by atoms with Gasteiger partial charge in [0.05, 0.1) is 11.2 Å². The first-order valence-electron chi connectivity index (χ1n) is 6.58. The molecule has 0 saturated carbocycles. The summed E-state index contributed by atoms with van der Waals surface area (Å²) >= 11 is 1.41. The van der Waals surface area contributed by atoms with Crippen LogP contribution in [0.2, 0.25) is 0 Å². The first kappa shape index (κ1) is 15.9. The van der Waals surface area contributed by atoms with Crippen LogP contribution in [0.4, 0.5) is 8.78 Å². The van der Waals surface area contributed by atoms with Gasteiger partial charge >= 0.3 is 0 Å². The van der Waals surface area contributed by atoms with Crippen molar-refractivity contribution in [2.45, 2.75) is 39.5 Å². The summed E-state index contributed by atoms with van der Waals surface area (Å²) in [6.45, 7) is 6.42. The third kappa shape index (κ3) is 4.75. The van der Waals surface area contributed by atoms with Crippen molar-refractivity contribution >= 4 is 11.3 Å². The summed E-state index contributed by atoms with van der Waals surface area (Å²) in [5.41, 5.74) is 2.72. The van der Waals surface area contributed by atoms with E-state index in [0.717, 1.165) is 0 Å². The Morgan fingerprint density at radius 3 is 2.43 bits per heavy atom. The number of nitrogens with zero attached hydrogens (tertiary/aromatic N) is 1. The molecule has 0 bridgehead atoms. The summed E-state index contributed by atoms with van der Waals surface area (Å²) in [6, 6.07) is 2.58. The normalized spacial score (nSPS) is 11.7. The number of halogens is 2. The molecule has 0 amide bonds. The minimum atomic E-state index is -0.698. The van der Waals surface area contributed by atoms with Crippen molar-refractivity contribution in [1.29, 1.82) is 0 Å². The van der Waals surface area contributed by atoms with Crippen LogP contribution in [0.5, 0.6) is 5.75 Å². The molecule has 0 aliphatic rings. The zero-order valence-corrected chi connectivity index (χ0v) is 13.1. The highest BCUT2D eigenvalue weighted by atomic mass is 32.1. The Balaban J connectivity index is 2.06. The van der Waals surface area contributed by atoms with Crippen molar-refractivity contribution in [3.8, 4) is 5.75 Å². The highest BCUT2D eigenvalue weighted by Gasteiger charge is 2.15. The number of hydrogen-bond donors (Lipinski definition) is 1. The van der Waals surface area contributed by atoms with E-state index in [-0.39, 0.29) is 17.9 Å². The van der Waals surface area contributed by atoms with E-state index in [4.69, 9.17) is 4.74 Å². The van der Waals surface area contributed by atoms with Crippen molar-refractivity contribution in [2.24, 2.45) is 0 Å². The molecule has 0 saturated heterocycles. The molecular formula is C15H18F2N2OS. The van der Waals surface area contributed by atoms with Gasteiger partial charge in [-0.15, -0.1) is 11.3 Å². The number of rotatable bonds is 5. The molecule has 0 aliphatic carbocycles. The van der Waals surface area contributed by atoms with Crippen LogP contribution in [0.1, 0.15) is 32.0 Å². The van der Waals surface area contributed by atoms with E-state index in [1.165, 1.54) is 23.5 Å². The average molecular weight is 312 g/mol. The summed E-state index contributed by atoms with van der Waals surface area (Å²) in [7, 11) is 0. The van der Waals surface area contributed by atoms with Crippen LogP contribution in [0, 0.1) is 11.6 Å². The topological polar surface area (TPSA) is 34.1 Å². The van der Waals surface area contributed by atoms with Gasteiger partial charge in [0.15, 0.2) is 17.4 Å². The molecule has 0 spiro atoms. The maximum Gasteiger partial charge on any atom is 0.191 e. The fourth-order valence-electron chi connectivity index (χ4n) is 1.67. The van der Waals surface area contributed by atoms with Crippen molar-refractivity contribution in [2.75, 3.05) is 0 Å². The minimum absolute atomic E-state index is 0.0525. The molecule has 1 aromatic carbocycles. The third-order valence-corrected chi connectivity index (χ3v) is 3.36. The fourth-order valence-corrected chi connectivity index (χ4v) is 2.22. The first-order chi connectivity index (χ1) is 9.85. The van der Waals surface area contributed by atoms with Crippen LogP contribution >= 0.6 is 11.3 Å². The van der Waals surface area contributed by atoms with Gasteiger partial charge in [0, 0.05) is 17.5 Å². The van der Waals surface area contributed by atoms with Crippen LogP contribution in [-0.2, 0) is 13.2 Å². The summed E-state index contributed by atoms with van der Waals surface area (Å²) in [6.07, 6.45) is 0. The molecule has 114 valence electrons. The van der Waals surface area contributed by atoms with Gasteiger partial charge in [0.25, 0.3) is 0 Å². The van der Waals surface area contributed by atoms with Crippen LogP contribution < -0.4 is 10.1 Å². The van der Waals surface area contributed by atoms with E-state index in [0.29, 0.717) is 17.8 Å². The summed E-state index contributed by atoms with van der Waals surface area (Å²) in [5, 5.41) is 4.96. The molecule has 1 heterocycles. The van der Waals surface area contributed by atoms with Crippen LogP contribution in [-0.4, -0.2) is 10.5 Å². The number of ether oxygens (including phenoxy) is 1. The molecule has 0 unspecified atom stereocenters. The maximum absolute atomic E-state index is 13.9. The van der Waals surface area contributed by atoms with Gasteiger partial charge < -0.3 is 10.1 Å². The Labute approximate surface area is 127 Å². The lowest BCUT2D eigenvalue weighted by atomic mass is 10.1. The van der Waals surface area contributed by atoms with E-state index >= 15 is 0 Å². The lowest BCUT2D eigenvalue weighted by Crippen LogP contribution is -2.35. The maximum atomic E-state index is 13.9. The zero-order valence-electron chi connectivity index (χ0n) is 12.2. The third-order valence-electron chi connectivity index (χ3n) is 2.73. The van der Waals surface area contributed by atoms with Crippen molar-refractivity contribution < 1.29 is 13.5 Å². The molecule has 6 heteroatoms. The highest BCUT2D eigenvalue weighted by Crippen LogP contribution is 2.24. The van der Waals surface area contributed by atoms with Gasteiger partial charge in [-0.3, -0.25) is 0 Å². The monoisotopic (exact) mass is 312 g/mol. The molecule has 0 atom stereocenters. The predicted octanol–water partition coefficient (Wildman–Crippen LogP) is 3.89. The molecule has 2 rings (SSSR count). The van der Waals surface area contributed by atoms with Gasteiger partial charge in [0.1, 0.15) is 6.61 Å². The second kappa shape index (κ2) is 6.49. The number of benzene rings is 1. The lowest BCUT2D eigenvalue weighted by Gasteiger charge is -2.20. The smallest absolute Gasteiger partial charge is 0.191 e. The SMILES string of the molecule is CC(C)(C)NCc1cc(F)c(OCc2cscn2)c(F)c1. The first-order valence-corrected chi connectivity index (χ1v) is 7.52. The highest BCUT2D eigenvalue weighted by molar-refractivity contribution is 7.07. The Hall–Kier alpha value is -1.53. The Bertz CT molecular complexity index is 571. The van der Waals surface area contributed by atoms with Gasteiger partial charge in [0.2, 0.25) is 0 Å². The minimum Gasteiger partial charge on any atom is -0.481 e. The van der Waals surface area contributed by atoms with E-state index < -0.39 is 11.6 Å². The Morgan fingerprint density at radius 1 is 1.24 bits per heavy atom. The summed E-state index contributed by atoms with van der Waals surface area (Å²) in [5.74, 6) is -1.76. The van der Waals surface area contributed by atoms with Gasteiger partial charge in [-0.05, 0) is 38.5 Å². The number of hydrogen-bond acceptors (Lipinski definition) is 4. The van der Waals surface area contributed by atoms with Crippen molar-refractivity contribution in [3.05, 3.63) is 45.9 Å². The Morgan fingerprint density at radius 2 is 1.90 bits per heavy atom. The van der Waals surface area contributed by atoms with Crippen molar-refractivity contribution in [1.82, 2.24) is 10.3 Å². The van der Waals surface area contributed by atoms with Gasteiger partial charge in [-0.25, -0.2) is 13.8 Å². The molecule has 0 aliphatic heterocycles. The summed E-state index contributed by atoms with van der Waals surface area (Å²) in [4.78, 5) is 4.00. The number of aromatic nitrogens is 1. The molecule has 0 radical (unpaired) electrons. The lowest BCUT2D eigenvalue weighted by molar-refractivity contribution is 0.270. The van der Waals surface area contributed by atoms with E-state index in [1.54, 1.807) is 10.9 Å². The second-order valence-electron chi connectivity index (χ2n) is 5.76. The van der Waals surface area contributed by atoms with Crippen LogP contribution in [0.3, 0.4) is 0 Å². The molecule has 0 fully saturated rings. The molecular weight excluding hydrogens is 294 g/mol. The van der Waals surface area contributed by atoms with Crippen molar-refractivity contribution in [3.63, 3.8) is 0 Å². The molecule has 21 heavy (non-hydrogen) atoms. The van der Waals surface area contributed by atoms with Gasteiger partial charge in [-0.1, -0.05) is 0 Å². The number of nitrogens with one attached hydrogen (secondary N) is 1. The quantitative estimate of drug-likeness (QED) is 0.909. The van der Waals surface area contributed by atoms with Crippen LogP contribution in [0.25, 0.3) is 0 Å². The molecule has 1 aromatic heterocycles. The van der Waals surface area contributed by atoms with Gasteiger partial charge in [-0.2, -0.15) is 0 Å². The number of thiazole rings is 1. The standard InChI is InChI=1S/C15H18F2N2OS/c1-15(2,3)19-6-10-4-12(16)14(13(17)5-10)20-7-11-8-21-9-18-11/h4-5,8-9,19H,6-7H2,1-3H3. The zero-order chi connectivity index (χ0) is 15.5. The van der Waals surface area contributed by atoms with E-state index in [1.807, 2.05) is 20.8 Å². The average Bonchev–Trinajstić information content (AvgIpc) is 2.87.